The molecule has 4 nitrogen and oxygen atoms in total. The predicted molar refractivity (Wildman–Crippen MR) is 82.1 cm³/mol. The van der Waals surface area contributed by atoms with E-state index in [0.717, 1.165) is 17.0 Å². The van der Waals surface area contributed by atoms with E-state index in [0.29, 0.717) is 11.6 Å². The van der Waals surface area contributed by atoms with Crippen LogP contribution < -0.4 is 11.1 Å². The van der Waals surface area contributed by atoms with E-state index in [9.17, 15) is 4.79 Å². The summed E-state index contributed by atoms with van der Waals surface area (Å²) in [5.41, 5.74) is 2.31. The van der Waals surface area contributed by atoms with E-state index in [1.165, 1.54) is 0 Å². The molecule has 1 unspecified atom stereocenters. The zero-order chi connectivity index (χ0) is 14.0. The predicted octanol–water partition coefficient (Wildman–Crippen LogP) is 3.45. The van der Waals surface area contributed by atoms with Crippen LogP contribution in [0.1, 0.15) is 27.7 Å². The Morgan fingerprint density at radius 3 is 2.84 bits per heavy atom. The second-order valence-electron chi connectivity index (χ2n) is 5.69. The maximum Gasteiger partial charge on any atom is 0.417 e. The Hall–Kier alpha value is -1.36. The minimum Gasteiger partial charge on any atom is -0.408 e. The van der Waals surface area contributed by atoms with Crippen molar-refractivity contribution in [3.8, 4) is 0 Å². The Kier molecular flexibility index (Phi) is 3.94. The van der Waals surface area contributed by atoms with Gasteiger partial charge in [-0.1, -0.05) is 20.8 Å². The van der Waals surface area contributed by atoms with Crippen molar-refractivity contribution in [3.05, 3.63) is 28.7 Å². The van der Waals surface area contributed by atoms with Crippen molar-refractivity contribution in [3.63, 3.8) is 0 Å². The first kappa shape index (κ1) is 14.1. The van der Waals surface area contributed by atoms with Gasteiger partial charge in [-0.05, 0) is 25.1 Å². The third-order valence-corrected chi connectivity index (χ3v) is 4.13. The molecule has 0 saturated carbocycles. The number of benzene rings is 1. The number of nitrogens with one attached hydrogen (secondary N) is 2. The van der Waals surface area contributed by atoms with Crippen LogP contribution in [0.4, 0.5) is 5.69 Å². The summed E-state index contributed by atoms with van der Waals surface area (Å²) < 4.78 is 5.25. The number of H-pyrrole nitrogens is 1. The maximum atomic E-state index is 11.1. The molecular weight excluding hydrogens is 260 g/mol. The average molecular weight is 280 g/mol. The molecule has 0 fully saturated rings. The monoisotopic (exact) mass is 280 g/mol. The van der Waals surface area contributed by atoms with E-state index in [1.807, 2.05) is 23.9 Å². The van der Waals surface area contributed by atoms with Crippen LogP contribution in [-0.2, 0) is 0 Å². The Morgan fingerprint density at radius 1 is 1.42 bits per heavy atom. The third kappa shape index (κ3) is 4.06. The zero-order valence-corrected chi connectivity index (χ0v) is 12.6. The number of hydrogen-bond acceptors (Lipinski definition) is 4. The molecule has 2 N–H and O–H groups in total. The Labute approximate surface area is 117 Å². The number of oxazole rings is 1. The molecule has 2 rings (SSSR count). The molecule has 0 amide bonds. The van der Waals surface area contributed by atoms with Gasteiger partial charge < -0.3 is 9.73 Å². The lowest BCUT2D eigenvalue weighted by Crippen LogP contribution is -2.21. The standard InChI is InChI=1S/C14H20N2O2S/c1-9(8-19-14(2,3)4)15-10-5-6-12-11(7-10)16-13(17)18-12/h5-7,9,15H,8H2,1-4H3,(H,16,17). The number of aromatic amines is 1. The molecule has 0 bridgehead atoms. The topological polar surface area (TPSA) is 58.0 Å². The van der Waals surface area contributed by atoms with E-state index in [1.54, 1.807) is 6.07 Å². The van der Waals surface area contributed by atoms with Gasteiger partial charge in [-0.3, -0.25) is 4.98 Å². The number of anilines is 1. The van der Waals surface area contributed by atoms with E-state index in [4.69, 9.17) is 4.42 Å². The van der Waals surface area contributed by atoms with Gasteiger partial charge in [0.25, 0.3) is 0 Å². The van der Waals surface area contributed by atoms with Gasteiger partial charge in [0.05, 0.1) is 5.52 Å². The number of fused-ring (bicyclic) bond motifs is 1. The number of hydrogen-bond donors (Lipinski definition) is 2. The smallest absolute Gasteiger partial charge is 0.408 e. The van der Waals surface area contributed by atoms with Crippen molar-refractivity contribution in [2.45, 2.75) is 38.5 Å². The van der Waals surface area contributed by atoms with Gasteiger partial charge in [-0.15, -0.1) is 0 Å². The van der Waals surface area contributed by atoms with Gasteiger partial charge >= 0.3 is 5.76 Å². The van der Waals surface area contributed by atoms with Gasteiger partial charge in [0.15, 0.2) is 5.58 Å². The second kappa shape index (κ2) is 5.33. The minimum atomic E-state index is -0.413. The van der Waals surface area contributed by atoms with Gasteiger partial charge in [0.2, 0.25) is 0 Å². The lowest BCUT2D eigenvalue weighted by atomic mass is 10.2. The van der Waals surface area contributed by atoms with E-state index < -0.39 is 5.76 Å². The number of rotatable bonds is 4. The number of aromatic nitrogens is 1. The van der Waals surface area contributed by atoms with E-state index in [2.05, 4.69) is 38.0 Å². The van der Waals surface area contributed by atoms with Crippen molar-refractivity contribution in [2.24, 2.45) is 0 Å². The highest BCUT2D eigenvalue weighted by Gasteiger charge is 2.13. The summed E-state index contributed by atoms with van der Waals surface area (Å²) in [6.07, 6.45) is 0. The molecule has 0 aliphatic heterocycles. The minimum absolute atomic E-state index is 0.274. The Balaban J connectivity index is 2.02. The van der Waals surface area contributed by atoms with Crippen LogP contribution in [0.5, 0.6) is 0 Å². The molecule has 104 valence electrons. The van der Waals surface area contributed by atoms with Crippen molar-refractivity contribution >= 4 is 28.5 Å². The summed E-state index contributed by atoms with van der Waals surface area (Å²) in [6.45, 7) is 8.80. The van der Waals surface area contributed by atoms with Gasteiger partial charge in [0, 0.05) is 22.2 Å². The first-order chi connectivity index (χ1) is 8.83. The quantitative estimate of drug-likeness (QED) is 0.900. The largest absolute Gasteiger partial charge is 0.417 e. The summed E-state index contributed by atoms with van der Waals surface area (Å²) in [6, 6.07) is 6.00. The Morgan fingerprint density at radius 2 is 2.16 bits per heavy atom. The molecule has 0 aliphatic rings. The van der Waals surface area contributed by atoms with Crippen LogP contribution in [0, 0.1) is 0 Å². The average Bonchev–Trinajstić information content (AvgIpc) is 2.65. The highest BCUT2D eigenvalue weighted by molar-refractivity contribution is 8.00. The van der Waals surface area contributed by atoms with Gasteiger partial charge in [-0.2, -0.15) is 11.8 Å². The van der Waals surface area contributed by atoms with Crippen LogP contribution >= 0.6 is 11.8 Å². The fourth-order valence-electron chi connectivity index (χ4n) is 1.74. The summed E-state index contributed by atoms with van der Waals surface area (Å²) in [4.78, 5) is 13.8. The normalized spacial score (nSPS) is 13.7. The molecule has 0 aliphatic carbocycles. The van der Waals surface area contributed by atoms with E-state index in [-0.39, 0.29) is 4.75 Å². The second-order valence-corrected chi connectivity index (χ2v) is 7.54. The summed E-state index contributed by atoms with van der Waals surface area (Å²) >= 11 is 1.93. The molecule has 19 heavy (non-hydrogen) atoms. The summed E-state index contributed by atoms with van der Waals surface area (Å²) in [5, 5.41) is 3.43. The van der Waals surface area contributed by atoms with Crippen LogP contribution in [0.2, 0.25) is 0 Å². The van der Waals surface area contributed by atoms with Crippen LogP contribution in [0.3, 0.4) is 0 Å². The van der Waals surface area contributed by atoms with E-state index >= 15 is 0 Å². The SMILES string of the molecule is CC(CSC(C)(C)C)Nc1ccc2oc(=O)[nH]c2c1. The molecule has 0 radical (unpaired) electrons. The van der Waals surface area contributed by atoms with Gasteiger partial charge in [0.1, 0.15) is 0 Å². The summed E-state index contributed by atoms with van der Waals surface area (Å²) in [7, 11) is 0. The molecule has 1 aromatic carbocycles. The highest BCUT2D eigenvalue weighted by atomic mass is 32.2. The Bertz CT molecular complexity index is 610. The van der Waals surface area contributed by atoms with Crippen LogP contribution in [-0.4, -0.2) is 21.5 Å². The third-order valence-electron chi connectivity index (χ3n) is 2.60. The van der Waals surface area contributed by atoms with Crippen molar-refractivity contribution < 1.29 is 4.42 Å². The van der Waals surface area contributed by atoms with Crippen molar-refractivity contribution in [1.82, 2.24) is 4.98 Å². The fourth-order valence-corrected chi connectivity index (χ4v) is 2.58. The summed E-state index contributed by atoms with van der Waals surface area (Å²) in [5.74, 6) is 0.618. The molecule has 0 saturated heterocycles. The lowest BCUT2D eigenvalue weighted by Gasteiger charge is -2.22. The molecule has 1 aromatic heterocycles. The van der Waals surface area contributed by atoms with Crippen molar-refractivity contribution in [2.75, 3.05) is 11.1 Å². The maximum absolute atomic E-state index is 11.1. The first-order valence-corrected chi connectivity index (χ1v) is 7.35. The molecule has 1 heterocycles. The fraction of sp³-hybridized carbons (Fsp3) is 0.500. The molecular formula is C14H20N2O2S. The van der Waals surface area contributed by atoms with Crippen LogP contribution in [0.25, 0.3) is 11.1 Å². The van der Waals surface area contributed by atoms with Crippen LogP contribution in [0.15, 0.2) is 27.4 Å². The highest BCUT2D eigenvalue weighted by Crippen LogP contribution is 2.25. The number of thioether (sulfide) groups is 1. The molecule has 5 heteroatoms. The van der Waals surface area contributed by atoms with Gasteiger partial charge in [-0.25, -0.2) is 4.79 Å². The lowest BCUT2D eigenvalue weighted by molar-refractivity contribution is 0.555. The first-order valence-electron chi connectivity index (χ1n) is 6.37. The molecule has 2 aromatic rings. The zero-order valence-electron chi connectivity index (χ0n) is 11.7. The molecule has 1 atom stereocenters. The molecule has 0 spiro atoms. The van der Waals surface area contributed by atoms with Crippen molar-refractivity contribution in [1.29, 1.82) is 0 Å².